The largest absolute Gasteiger partial charge is 0.462 e. The van der Waals surface area contributed by atoms with Crippen molar-refractivity contribution in [2.75, 3.05) is 6.61 Å². The number of hydrogen-bond donors (Lipinski definition) is 1. The van der Waals surface area contributed by atoms with E-state index >= 15 is 0 Å². The van der Waals surface area contributed by atoms with Crippen LogP contribution in [0, 0.1) is 0 Å². The number of esters is 1. The molecule has 0 aliphatic heterocycles. The van der Waals surface area contributed by atoms with Gasteiger partial charge in [-0.3, -0.25) is 0 Å². The molecule has 0 atom stereocenters. The molecule has 0 spiro atoms. The van der Waals surface area contributed by atoms with E-state index in [0.717, 1.165) is 43.2 Å². The second-order valence-electron chi connectivity index (χ2n) is 5.43. The third-order valence-corrected chi connectivity index (χ3v) is 3.92. The van der Waals surface area contributed by atoms with Gasteiger partial charge in [0.05, 0.1) is 17.9 Å². The molecule has 4 nitrogen and oxygen atoms in total. The second-order valence-corrected chi connectivity index (χ2v) is 5.43. The normalized spacial score (nSPS) is 16.4. The monoisotopic (exact) mass is 301 g/mol. The maximum atomic E-state index is 11.9. The van der Waals surface area contributed by atoms with Crippen LogP contribution in [-0.2, 0) is 4.74 Å². The summed E-state index contributed by atoms with van der Waals surface area (Å²) in [5, 5.41) is 12.7. The molecule has 0 bridgehead atoms. The summed E-state index contributed by atoms with van der Waals surface area (Å²) >= 11 is 0. The highest BCUT2D eigenvalue weighted by Gasteiger charge is 2.23. The summed E-state index contributed by atoms with van der Waals surface area (Å²) in [4.78, 5) is 11.9. The summed E-state index contributed by atoms with van der Waals surface area (Å²) in [5.74, 6) is -0.319. The predicted octanol–water partition coefficient (Wildman–Crippen LogP) is 4.43. The molecular weight excluding hydrogens is 278 g/mol. The number of hydrogen-bond acceptors (Lipinski definition) is 4. The molecule has 0 heterocycles. The zero-order chi connectivity index (χ0) is 15.9. The van der Waals surface area contributed by atoms with Crippen LogP contribution in [-0.4, -0.2) is 23.5 Å². The van der Waals surface area contributed by atoms with Crippen LogP contribution in [0.1, 0.15) is 61.9 Å². The molecule has 1 aromatic rings. The summed E-state index contributed by atoms with van der Waals surface area (Å²) < 4.78 is 5.06. The Labute approximate surface area is 131 Å². The molecule has 2 rings (SSSR count). The SMILES string of the molecule is CCCCC1=C(c2cccc(C(=O)OCC)c2)/C(=N/O)CC1. The first kappa shape index (κ1) is 16.3. The Morgan fingerprint density at radius 1 is 1.32 bits per heavy atom. The van der Waals surface area contributed by atoms with Crippen LogP contribution >= 0.6 is 0 Å². The first-order valence-corrected chi connectivity index (χ1v) is 7.92. The van der Waals surface area contributed by atoms with Gasteiger partial charge < -0.3 is 9.94 Å². The second kappa shape index (κ2) is 7.78. The average Bonchev–Trinajstić information content (AvgIpc) is 2.96. The van der Waals surface area contributed by atoms with Crippen LogP contribution in [0.15, 0.2) is 35.0 Å². The summed E-state index contributed by atoms with van der Waals surface area (Å²) in [6.45, 7) is 4.31. The van der Waals surface area contributed by atoms with Gasteiger partial charge in [0.25, 0.3) is 0 Å². The molecule has 0 radical (unpaired) electrons. The summed E-state index contributed by atoms with van der Waals surface area (Å²) in [6.07, 6.45) is 4.95. The van der Waals surface area contributed by atoms with E-state index in [1.807, 2.05) is 18.2 Å². The van der Waals surface area contributed by atoms with Gasteiger partial charge in [0, 0.05) is 5.57 Å². The quantitative estimate of drug-likeness (QED) is 0.480. The topological polar surface area (TPSA) is 58.9 Å². The number of benzene rings is 1. The molecule has 4 heteroatoms. The minimum absolute atomic E-state index is 0.319. The van der Waals surface area contributed by atoms with E-state index < -0.39 is 0 Å². The number of carbonyl (C=O) groups is 1. The number of unbranched alkanes of at least 4 members (excludes halogenated alkanes) is 1. The predicted molar refractivity (Wildman–Crippen MR) is 87.3 cm³/mol. The molecule has 0 amide bonds. The molecule has 1 aromatic carbocycles. The third kappa shape index (κ3) is 3.56. The Morgan fingerprint density at radius 3 is 2.82 bits per heavy atom. The summed E-state index contributed by atoms with van der Waals surface area (Å²) in [6, 6.07) is 7.38. The molecule has 22 heavy (non-hydrogen) atoms. The fourth-order valence-corrected chi connectivity index (χ4v) is 2.85. The third-order valence-electron chi connectivity index (χ3n) is 3.92. The molecule has 1 aliphatic rings. The van der Waals surface area contributed by atoms with E-state index in [9.17, 15) is 10.0 Å². The van der Waals surface area contributed by atoms with Crippen LogP contribution in [0.25, 0.3) is 5.57 Å². The number of nitrogens with zero attached hydrogens (tertiary/aromatic N) is 1. The molecule has 0 unspecified atom stereocenters. The van der Waals surface area contributed by atoms with Crippen molar-refractivity contribution in [2.24, 2.45) is 5.16 Å². The summed E-state index contributed by atoms with van der Waals surface area (Å²) in [7, 11) is 0. The highest BCUT2D eigenvalue weighted by molar-refractivity contribution is 6.26. The number of oxime groups is 1. The Morgan fingerprint density at radius 2 is 2.14 bits per heavy atom. The maximum absolute atomic E-state index is 11.9. The molecule has 0 saturated heterocycles. The zero-order valence-electron chi connectivity index (χ0n) is 13.3. The molecule has 0 fully saturated rings. The number of carbonyl (C=O) groups excluding carboxylic acids is 1. The van der Waals surface area contributed by atoms with Crippen molar-refractivity contribution in [1.29, 1.82) is 0 Å². The molecule has 118 valence electrons. The van der Waals surface area contributed by atoms with E-state index in [0.29, 0.717) is 17.9 Å². The minimum atomic E-state index is -0.319. The highest BCUT2D eigenvalue weighted by atomic mass is 16.5. The first-order valence-electron chi connectivity index (χ1n) is 7.92. The molecular formula is C18H23NO3. The maximum Gasteiger partial charge on any atom is 0.338 e. The van der Waals surface area contributed by atoms with Crippen LogP contribution in [0.5, 0.6) is 0 Å². The fraction of sp³-hybridized carbons (Fsp3) is 0.444. The average molecular weight is 301 g/mol. The Balaban J connectivity index is 2.38. The lowest BCUT2D eigenvalue weighted by Gasteiger charge is -2.10. The zero-order valence-corrected chi connectivity index (χ0v) is 13.3. The van der Waals surface area contributed by atoms with Crippen molar-refractivity contribution in [2.45, 2.75) is 46.0 Å². The van der Waals surface area contributed by atoms with Crippen LogP contribution in [0.2, 0.25) is 0 Å². The Kier molecular flexibility index (Phi) is 5.75. The van der Waals surface area contributed by atoms with E-state index in [1.165, 1.54) is 5.57 Å². The standard InChI is InChI=1S/C18H23NO3/c1-3-5-7-13-10-11-16(19-21)17(13)14-8-6-9-15(12-14)18(20)22-4-2/h6,8-9,12,21H,3-5,7,10-11H2,1-2H3/b19-16+. The van der Waals surface area contributed by atoms with E-state index in [2.05, 4.69) is 12.1 Å². The van der Waals surface area contributed by atoms with Crippen molar-refractivity contribution in [3.63, 3.8) is 0 Å². The van der Waals surface area contributed by atoms with Gasteiger partial charge in [-0.1, -0.05) is 36.2 Å². The van der Waals surface area contributed by atoms with Crippen LogP contribution in [0.4, 0.5) is 0 Å². The van der Waals surface area contributed by atoms with Crippen molar-refractivity contribution < 1.29 is 14.7 Å². The molecule has 0 aromatic heterocycles. The molecule has 0 saturated carbocycles. The van der Waals surface area contributed by atoms with Gasteiger partial charge in [-0.15, -0.1) is 0 Å². The van der Waals surface area contributed by atoms with Gasteiger partial charge in [0.15, 0.2) is 0 Å². The lowest BCUT2D eigenvalue weighted by Crippen LogP contribution is -2.06. The van der Waals surface area contributed by atoms with E-state index in [4.69, 9.17) is 4.74 Å². The smallest absolute Gasteiger partial charge is 0.338 e. The summed E-state index contributed by atoms with van der Waals surface area (Å²) in [5.41, 5.74) is 4.50. The van der Waals surface area contributed by atoms with E-state index in [1.54, 1.807) is 13.0 Å². The van der Waals surface area contributed by atoms with Gasteiger partial charge in [-0.25, -0.2) is 4.79 Å². The van der Waals surface area contributed by atoms with Crippen molar-refractivity contribution >= 4 is 17.3 Å². The fourth-order valence-electron chi connectivity index (χ4n) is 2.85. The highest BCUT2D eigenvalue weighted by Crippen LogP contribution is 2.35. The van der Waals surface area contributed by atoms with Gasteiger partial charge in [0.1, 0.15) is 0 Å². The molecule has 1 N–H and O–H groups in total. The Bertz CT molecular complexity index is 602. The van der Waals surface area contributed by atoms with Gasteiger partial charge in [-0.05, 0) is 50.3 Å². The van der Waals surface area contributed by atoms with Crippen molar-refractivity contribution in [3.8, 4) is 0 Å². The number of ether oxygens (including phenoxy) is 1. The van der Waals surface area contributed by atoms with Crippen molar-refractivity contribution in [1.82, 2.24) is 0 Å². The lowest BCUT2D eigenvalue weighted by molar-refractivity contribution is 0.0526. The lowest BCUT2D eigenvalue weighted by atomic mass is 9.96. The van der Waals surface area contributed by atoms with Gasteiger partial charge >= 0.3 is 5.97 Å². The van der Waals surface area contributed by atoms with Gasteiger partial charge in [0.2, 0.25) is 0 Å². The number of allylic oxidation sites excluding steroid dienone is 2. The molecule has 1 aliphatic carbocycles. The number of rotatable bonds is 6. The van der Waals surface area contributed by atoms with Gasteiger partial charge in [-0.2, -0.15) is 0 Å². The van der Waals surface area contributed by atoms with Crippen LogP contribution in [0.3, 0.4) is 0 Å². The van der Waals surface area contributed by atoms with Crippen LogP contribution < -0.4 is 0 Å². The van der Waals surface area contributed by atoms with E-state index in [-0.39, 0.29) is 5.97 Å². The first-order chi connectivity index (χ1) is 10.7. The minimum Gasteiger partial charge on any atom is -0.462 e. The van der Waals surface area contributed by atoms with Crippen molar-refractivity contribution in [3.05, 3.63) is 41.0 Å². The Hall–Kier alpha value is -2.10.